The number of aromatic nitrogens is 2. The van der Waals surface area contributed by atoms with E-state index in [0.29, 0.717) is 0 Å². The summed E-state index contributed by atoms with van der Waals surface area (Å²) >= 11 is 0. The number of hydrogen-bond donors (Lipinski definition) is 1. The third-order valence-electron chi connectivity index (χ3n) is 2.78. The van der Waals surface area contributed by atoms with Crippen molar-refractivity contribution in [2.24, 2.45) is 12.8 Å². The van der Waals surface area contributed by atoms with Crippen molar-refractivity contribution < 1.29 is 0 Å². The summed E-state index contributed by atoms with van der Waals surface area (Å²) < 4.78 is 1.85. The Morgan fingerprint density at radius 3 is 2.53 bits per heavy atom. The predicted molar refractivity (Wildman–Crippen MR) is 70.7 cm³/mol. The van der Waals surface area contributed by atoms with E-state index in [1.165, 1.54) is 16.7 Å². The van der Waals surface area contributed by atoms with Crippen molar-refractivity contribution in [2.75, 3.05) is 0 Å². The predicted octanol–water partition coefficient (Wildman–Crippen LogP) is 2.29. The smallest absolute Gasteiger partial charge is 0.0718 e. The molecular weight excluding hydrogens is 210 g/mol. The highest BCUT2D eigenvalue weighted by Gasteiger charge is 2.11. The monoisotopic (exact) mass is 229 g/mol. The Morgan fingerprint density at radius 1 is 1.29 bits per heavy atom. The number of nitrogens with two attached hydrogens (primary N) is 1. The Balaban J connectivity index is 2.40. The first-order chi connectivity index (χ1) is 8.06. The minimum atomic E-state index is 0.133. The average molecular weight is 229 g/mol. The van der Waals surface area contributed by atoms with Gasteiger partial charge in [0.05, 0.1) is 5.69 Å². The molecule has 2 N–H and O–H groups in total. The highest BCUT2D eigenvalue weighted by molar-refractivity contribution is 5.65. The molecule has 0 amide bonds. The van der Waals surface area contributed by atoms with Gasteiger partial charge in [-0.1, -0.05) is 29.8 Å². The van der Waals surface area contributed by atoms with Gasteiger partial charge in [-0.05, 0) is 19.4 Å². The van der Waals surface area contributed by atoms with E-state index in [2.05, 4.69) is 42.5 Å². The Bertz CT molecular complexity index is 495. The van der Waals surface area contributed by atoms with Crippen LogP contribution in [0.5, 0.6) is 0 Å². The molecule has 3 heteroatoms. The van der Waals surface area contributed by atoms with Crippen LogP contribution < -0.4 is 5.73 Å². The summed E-state index contributed by atoms with van der Waals surface area (Å²) in [4.78, 5) is 0. The summed E-state index contributed by atoms with van der Waals surface area (Å²) in [5.41, 5.74) is 10.6. The molecule has 90 valence electrons. The van der Waals surface area contributed by atoms with Gasteiger partial charge in [-0.2, -0.15) is 5.10 Å². The van der Waals surface area contributed by atoms with Crippen LogP contribution in [0.3, 0.4) is 0 Å². The third kappa shape index (κ3) is 2.74. The number of benzene rings is 1. The summed E-state index contributed by atoms with van der Waals surface area (Å²) in [5, 5.41) is 4.49. The first kappa shape index (κ1) is 11.9. The van der Waals surface area contributed by atoms with Crippen molar-refractivity contribution in [1.29, 1.82) is 0 Å². The zero-order chi connectivity index (χ0) is 12.4. The molecular formula is C14H19N3. The van der Waals surface area contributed by atoms with E-state index in [1.807, 2.05) is 18.7 Å². The second kappa shape index (κ2) is 4.72. The fraction of sp³-hybridized carbons (Fsp3) is 0.357. The molecule has 0 aliphatic rings. The lowest BCUT2D eigenvalue weighted by atomic mass is 10.0. The Hall–Kier alpha value is -1.61. The zero-order valence-corrected chi connectivity index (χ0v) is 10.6. The largest absolute Gasteiger partial charge is 0.328 e. The van der Waals surface area contributed by atoms with Crippen LogP contribution in [0.4, 0.5) is 0 Å². The molecule has 2 aromatic rings. The fourth-order valence-corrected chi connectivity index (χ4v) is 1.96. The van der Waals surface area contributed by atoms with E-state index in [9.17, 15) is 0 Å². The normalized spacial score (nSPS) is 12.7. The quantitative estimate of drug-likeness (QED) is 0.877. The van der Waals surface area contributed by atoms with Gasteiger partial charge in [-0.3, -0.25) is 4.68 Å². The van der Waals surface area contributed by atoms with Crippen LogP contribution in [0, 0.1) is 6.92 Å². The molecule has 0 saturated carbocycles. The summed E-state index contributed by atoms with van der Waals surface area (Å²) in [7, 11) is 1.95. The number of hydrogen-bond acceptors (Lipinski definition) is 2. The van der Waals surface area contributed by atoms with Crippen LogP contribution in [0.1, 0.15) is 18.2 Å². The van der Waals surface area contributed by atoms with E-state index in [1.54, 1.807) is 0 Å². The molecule has 1 heterocycles. The van der Waals surface area contributed by atoms with Gasteiger partial charge < -0.3 is 5.73 Å². The molecule has 1 unspecified atom stereocenters. The molecule has 17 heavy (non-hydrogen) atoms. The minimum absolute atomic E-state index is 0.133. The van der Waals surface area contributed by atoms with Gasteiger partial charge in [0.15, 0.2) is 0 Å². The SMILES string of the molecule is Cc1ccc(-c2cn(C)nc2CC(C)N)cc1. The number of nitrogens with zero attached hydrogens (tertiary/aromatic N) is 2. The second-order valence-electron chi connectivity index (χ2n) is 4.71. The fourth-order valence-electron chi connectivity index (χ4n) is 1.96. The van der Waals surface area contributed by atoms with E-state index in [4.69, 9.17) is 5.73 Å². The van der Waals surface area contributed by atoms with Crippen LogP contribution >= 0.6 is 0 Å². The van der Waals surface area contributed by atoms with Crippen molar-refractivity contribution >= 4 is 0 Å². The standard InChI is InChI=1S/C14H19N3/c1-10-4-6-12(7-5-10)13-9-17(3)16-14(13)8-11(2)15/h4-7,9,11H,8,15H2,1-3H3. The van der Waals surface area contributed by atoms with Crippen LogP contribution in [0.25, 0.3) is 11.1 Å². The van der Waals surface area contributed by atoms with Crippen LogP contribution in [-0.4, -0.2) is 15.8 Å². The maximum atomic E-state index is 5.86. The van der Waals surface area contributed by atoms with Gasteiger partial charge in [-0.25, -0.2) is 0 Å². The van der Waals surface area contributed by atoms with Crippen molar-refractivity contribution in [3.8, 4) is 11.1 Å². The first-order valence-electron chi connectivity index (χ1n) is 5.91. The Kier molecular flexibility index (Phi) is 3.29. The Labute approximate surface area is 102 Å². The Morgan fingerprint density at radius 2 is 1.94 bits per heavy atom. The van der Waals surface area contributed by atoms with Crippen LogP contribution in [0.2, 0.25) is 0 Å². The van der Waals surface area contributed by atoms with Crippen molar-refractivity contribution in [3.05, 3.63) is 41.7 Å². The van der Waals surface area contributed by atoms with E-state index in [0.717, 1.165) is 12.1 Å². The van der Waals surface area contributed by atoms with E-state index >= 15 is 0 Å². The number of aryl methyl sites for hydroxylation is 2. The maximum Gasteiger partial charge on any atom is 0.0718 e. The lowest BCUT2D eigenvalue weighted by Crippen LogP contribution is -2.18. The molecule has 0 bridgehead atoms. The first-order valence-corrected chi connectivity index (χ1v) is 5.91. The van der Waals surface area contributed by atoms with Crippen molar-refractivity contribution in [1.82, 2.24) is 9.78 Å². The maximum absolute atomic E-state index is 5.86. The molecule has 1 aromatic heterocycles. The summed E-state index contributed by atoms with van der Waals surface area (Å²) in [5.74, 6) is 0. The van der Waals surface area contributed by atoms with Crippen molar-refractivity contribution in [3.63, 3.8) is 0 Å². The lowest BCUT2D eigenvalue weighted by molar-refractivity contribution is 0.686. The molecule has 3 nitrogen and oxygen atoms in total. The lowest BCUT2D eigenvalue weighted by Gasteiger charge is -2.05. The minimum Gasteiger partial charge on any atom is -0.328 e. The molecule has 0 saturated heterocycles. The van der Waals surface area contributed by atoms with Gasteiger partial charge >= 0.3 is 0 Å². The van der Waals surface area contributed by atoms with Gasteiger partial charge in [0.1, 0.15) is 0 Å². The van der Waals surface area contributed by atoms with Crippen LogP contribution in [-0.2, 0) is 13.5 Å². The van der Waals surface area contributed by atoms with Gasteiger partial charge in [-0.15, -0.1) is 0 Å². The van der Waals surface area contributed by atoms with E-state index in [-0.39, 0.29) is 6.04 Å². The molecule has 0 aliphatic carbocycles. The van der Waals surface area contributed by atoms with Gasteiger partial charge in [0.25, 0.3) is 0 Å². The number of rotatable bonds is 3. The summed E-state index contributed by atoms with van der Waals surface area (Å²) in [6, 6.07) is 8.65. The van der Waals surface area contributed by atoms with Gasteiger partial charge in [0.2, 0.25) is 0 Å². The highest BCUT2D eigenvalue weighted by Crippen LogP contribution is 2.23. The molecule has 2 rings (SSSR count). The third-order valence-corrected chi connectivity index (χ3v) is 2.78. The zero-order valence-electron chi connectivity index (χ0n) is 10.6. The molecule has 0 spiro atoms. The topological polar surface area (TPSA) is 43.8 Å². The van der Waals surface area contributed by atoms with Crippen LogP contribution in [0.15, 0.2) is 30.5 Å². The molecule has 1 atom stereocenters. The average Bonchev–Trinajstić information content (AvgIpc) is 2.59. The second-order valence-corrected chi connectivity index (χ2v) is 4.71. The van der Waals surface area contributed by atoms with Crippen molar-refractivity contribution in [2.45, 2.75) is 26.3 Å². The van der Waals surface area contributed by atoms with E-state index < -0.39 is 0 Å². The summed E-state index contributed by atoms with van der Waals surface area (Å²) in [6.07, 6.45) is 2.87. The molecule has 1 aromatic carbocycles. The van der Waals surface area contributed by atoms with Gasteiger partial charge in [0, 0.05) is 31.3 Å². The molecule has 0 fully saturated rings. The summed E-state index contributed by atoms with van der Waals surface area (Å²) in [6.45, 7) is 4.10. The highest BCUT2D eigenvalue weighted by atomic mass is 15.3. The molecule has 0 aliphatic heterocycles. The molecule has 0 radical (unpaired) electrons.